The Balaban J connectivity index is 3.21. The molecule has 64 valence electrons. The lowest BCUT2D eigenvalue weighted by Gasteiger charge is -2.05. The minimum Gasteiger partial charge on any atom is -0.392 e. The summed E-state index contributed by atoms with van der Waals surface area (Å²) in [6.07, 6.45) is 0. The standard InChI is InChI=1S/C9H12N2O/c1-6-2-3-7(5-12)8(4-6)9(10)11/h2-4,12H,5H2,1H3,(H3,10,11). The number of hydrogen-bond acceptors (Lipinski definition) is 2. The molecule has 3 heteroatoms. The third-order valence-electron chi connectivity index (χ3n) is 1.73. The van der Waals surface area contributed by atoms with Crippen LogP contribution in [-0.2, 0) is 6.61 Å². The minimum atomic E-state index is -0.0742. The van der Waals surface area contributed by atoms with Crippen LogP contribution in [0.2, 0.25) is 0 Å². The molecule has 0 fully saturated rings. The fourth-order valence-electron chi connectivity index (χ4n) is 1.08. The smallest absolute Gasteiger partial charge is 0.123 e. The number of nitrogens with one attached hydrogen (secondary N) is 1. The van der Waals surface area contributed by atoms with Crippen molar-refractivity contribution in [2.75, 3.05) is 0 Å². The summed E-state index contributed by atoms with van der Waals surface area (Å²) in [5.74, 6) is 0.00255. The molecular weight excluding hydrogens is 152 g/mol. The van der Waals surface area contributed by atoms with Gasteiger partial charge in [0.2, 0.25) is 0 Å². The van der Waals surface area contributed by atoms with Crippen LogP contribution in [0.5, 0.6) is 0 Å². The van der Waals surface area contributed by atoms with E-state index in [4.69, 9.17) is 16.2 Å². The van der Waals surface area contributed by atoms with Gasteiger partial charge in [-0.05, 0) is 18.6 Å². The van der Waals surface area contributed by atoms with E-state index in [1.54, 1.807) is 12.1 Å². The lowest BCUT2D eigenvalue weighted by atomic mass is 10.0. The molecule has 12 heavy (non-hydrogen) atoms. The topological polar surface area (TPSA) is 70.1 Å². The first-order valence-electron chi connectivity index (χ1n) is 3.70. The van der Waals surface area contributed by atoms with Crippen molar-refractivity contribution < 1.29 is 5.11 Å². The van der Waals surface area contributed by atoms with Crippen LogP contribution in [0, 0.1) is 12.3 Å². The molecule has 0 aliphatic carbocycles. The van der Waals surface area contributed by atoms with Crippen molar-refractivity contribution in [1.82, 2.24) is 0 Å². The van der Waals surface area contributed by atoms with Crippen LogP contribution >= 0.6 is 0 Å². The van der Waals surface area contributed by atoms with Crippen molar-refractivity contribution in [3.05, 3.63) is 34.9 Å². The maximum Gasteiger partial charge on any atom is 0.123 e. The van der Waals surface area contributed by atoms with Gasteiger partial charge in [0.05, 0.1) is 6.61 Å². The van der Waals surface area contributed by atoms with E-state index in [1.165, 1.54) is 0 Å². The van der Waals surface area contributed by atoms with Crippen molar-refractivity contribution >= 4 is 5.84 Å². The van der Waals surface area contributed by atoms with Crippen molar-refractivity contribution in [2.45, 2.75) is 13.5 Å². The molecule has 1 aromatic carbocycles. The molecule has 0 spiro atoms. The summed E-state index contributed by atoms with van der Waals surface area (Å²) < 4.78 is 0. The van der Waals surface area contributed by atoms with Crippen molar-refractivity contribution in [1.29, 1.82) is 5.41 Å². The monoisotopic (exact) mass is 164 g/mol. The van der Waals surface area contributed by atoms with Gasteiger partial charge in [-0.2, -0.15) is 0 Å². The first-order chi connectivity index (χ1) is 5.65. The maximum absolute atomic E-state index is 8.91. The summed E-state index contributed by atoms with van der Waals surface area (Å²) in [5, 5.41) is 16.1. The highest BCUT2D eigenvalue weighted by molar-refractivity contribution is 5.96. The third kappa shape index (κ3) is 1.62. The molecule has 0 saturated heterocycles. The molecule has 0 saturated carbocycles. The van der Waals surface area contributed by atoms with Gasteiger partial charge in [-0.15, -0.1) is 0 Å². The molecule has 4 N–H and O–H groups in total. The third-order valence-corrected chi connectivity index (χ3v) is 1.73. The average molecular weight is 164 g/mol. The van der Waals surface area contributed by atoms with Gasteiger partial charge in [0, 0.05) is 5.56 Å². The summed E-state index contributed by atoms with van der Waals surface area (Å²) in [5.41, 5.74) is 7.70. The molecule has 0 atom stereocenters. The van der Waals surface area contributed by atoms with Gasteiger partial charge in [-0.3, -0.25) is 5.41 Å². The number of amidine groups is 1. The molecule has 1 rings (SSSR count). The number of nitrogen functional groups attached to an aromatic ring is 1. The molecule has 0 amide bonds. The Bertz CT molecular complexity index is 307. The molecule has 0 bridgehead atoms. The van der Waals surface area contributed by atoms with E-state index in [9.17, 15) is 0 Å². The number of aliphatic hydroxyl groups is 1. The molecule has 0 aromatic heterocycles. The zero-order valence-corrected chi connectivity index (χ0v) is 6.96. The van der Waals surface area contributed by atoms with Crippen molar-refractivity contribution in [3.63, 3.8) is 0 Å². The second-order valence-electron chi connectivity index (χ2n) is 2.73. The Morgan fingerprint density at radius 3 is 2.75 bits per heavy atom. The van der Waals surface area contributed by atoms with E-state index in [0.29, 0.717) is 11.1 Å². The first-order valence-corrected chi connectivity index (χ1v) is 3.70. The maximum atomic E-state index is 8.91. The van der Waals surface area contributed by atoms with Gasteiger partial charge in [0.25, 0.3) is 0 Å². The van der Waals surface area contributed by atoms with E-state index in [0.717, 1.165) is 5.56 Å². The van der Waals surface area contributed by atoms with Crippen LogP contribution in [0.25, 0.3) is 0 Å². The van der Waals surface area contributed by atoms with E-state index < -0.39 is 0 Å². The minimum absolute atomic E-state index is 0.00255. The van der Waals surface area contributed by atoms with Crippen molar-refractivity contribution in [2.24, 2.45) is 5.73 Å². The van der Waals surface area contributed by atoms with Gasteiger partial charge < -0.3 is 10.8 Å². The molecule has 0 unspecified atom stereocenters. The van der Waals surface area contributed by atoms with E-state index in [1.807, 2.05) is 13.0 Å². The summed E-state index contributed by atoms with van der Waals surface area (Å²) in [4.78, 5) is 0. The average Bonchev–Trinajstić information content (AvgIpc) is 2.04. The molecule has 0 aliphatic heterocycles. The SMILES string of the molecule is Cc1ccc(CO)c(C(=N)N)c1. The van der Waals surface area contributed by atoms with E-state index >= 15 is 0 Å². The van der Waals surface area contributed by atoms with Gasteiger partial charge >= 0.3 is 0 Å². The van der Waals surface area contributed by atoms with E-state index in [2.05, 4.69) is 0 Å². The Kier molecular flexibility index (Phi) is 2.45. The normalized spacial score (nSPS) is 9.83. The molecular formula is C9H12N2O. The van der Waals surface area contributed by atoms with Crippen LogP contribution in [0.3, 0.4) is 0 Å². The summed E-state index contributed by atoms with van der Waals surface area (Å²) in [7, 11) is 0. The molecule has 0 radical (unpaired) electrons. The number of hydrogen-bond donors (Lipinski definition) is 3. The predicted octanol–water partition coefficient (Wildman–Crippen LogP) is 0.771. The van der Waals surface area contributed by atoms with Crippen LogP contribution in [0.15, 0.2) is 18.2 Å². The zero-order chi connectivity index (χ0) is 9.14. The lowest BCUT2D eigenvalue weighted by Crippen LogP contribution is -2.14. The van der Waals surface area contributed by atoms with Crippen molar-refractivity contribution in [3.8, 4) is 0 Å². The highest BCUT2D eigenvalue weighted by Gasteiger charge is 2.03. The number of nitrogens with two attached hydrogens (primary N) is 1. The van der Waals surface area contributed by atoms with Gasteiger partial charge in [0.15, 0.2) is 0 Å². The van der Waals surface area contributed by atoms with Gasteiger partial charge in [-0.1, -0.05) is 17.7 Å². The molecule has 0 aliphatic rings. The van der Waals surface area contributed by atoms with Gasteiger partial charge in [-0.25, -0.2) is 0 Å². The van der Waals surface area contributed by atoms with Crippen LogP contribution in [0.1, 0.15) is 16.7 Å². The quantitative estimate of drug-likeness (QED) is 0.446. The summed E-state index contributed by atoms with van der Waals surface area (Å²) >= 11 is 0. The molecule has 0 heterocycles. The number of rotatable bonds is 2. The Morgan fingerprint density at radius 1 is 1.58 bits per heavy atom. The predicted molar refractivity (Wildman–Crippen MR) is 48.1 cm³/mol. The lowest BCUT2D eigenvalue weighted by molar-refractivity contribution is 0.281. The summed E-state index contributed by atoms with van der Waals surface area (Å²) in [6, 6.07) is 5.47. The second kappa shape index (κ2) is 3.36. The molecule has 1 aromatic rings. The van der Waals surface area contributed by atoms with Crippen LogP contribution in [-0.4, -0.2) is 10.9 Å². The molecule has 3 nitrogen and oxygen atoms in total. The first kappa shape index (κ1) is 8.74. The van der Waals surface area contributed by atoms with Gasteiger partial charge in [0.1, 0.15) is 5.84 Å². The Morgan fingerprint density at radius 2 is 2.25 bits per heavy atom. The summed E-state index contributed by atoms with van der Waals surface area (Å²) in [6.45, 7) is 1.85. The Hall–Kier alpha value is -1.35. The van der Waals surface area contributed by atoms with Crippen LogP contribution in [0.4, 0.5) is 0 Å². The fraction of sp³-hybridized carbons (Fsp3) is 0.222. The number of aliphatic hydroxyl groups excluding tert-OH is 1. The second-order valence-corrected chi connectivity index (χ2v) is 2.73. The number of aryl methyl sites for hydroxylation is 1. The van der Waals surface area contributed by atoms with Crippen LogP contribution < -0.4 is 5.73 Å². The highest BCUT2D eigenvalue weighted by Crippen LogP contribution is 2.10. The Labute approximate surface area is 71.3 Å². The van der Waals surface area contributed by atoms with E-state index in [-0.39, 0.29) is 12.4 Å². The fourth-order valence-corrected chi connectivity index (χ4v) is 1.08. The largest absolute Gasteiger partial charge is 0.392 e. The zero-order valence-electron chi connectivity index (χ0n) is 6.96. The number of benzene rings is 1. The highest BCUT2D eigenvalue weighted by atomic mass is 16.3.